The first-order valence-corrected chi connectivity index (χ1v) is 6.96. The van der Waals surface area contributed by atoms with Gasteiger partial charge in [-0.2, -0.15) is 5.26 Å². The fourth-order valence-electron chi connectivity index (χ4n) is 2.45. The Bertz CT molecular complexity index is 831. The molecule has 2 aromatic carbocycles. The summed E-state index contributed by atoms with van der Waals surface area (Å²) in [5, 5.41) is 13.7. The maximum atomic E-state index is 9.35. The number of nitrogens with one attached hydrogen (secondary N) is 1. The zero-order valence-corrected chi connectivity index (χ0v) is 11.8. The molecule has 1 heterocycles. The van der Waals surface area contributed by atoms with Gasteiger partial charge in [0.1, 0.15) is 6.07 Å². The molecule has 102 valence electrons. The van der Waals surface area contributed by atoms with Gasteiger partial charge in [-0.15, -0.1) is 0 Å². The largest absolute Gasteiger partial charge is 0.354 e. The molecular weight excluding hydrogens is 258 g/mol. The van der Waals surface area contributed by atoms with Crippen LogP contribution >= 0.6 is 0 Å². The third-order valence-corrected chi connectivity index (χ3v) is 3.55. The van der Waals surface area contributed by atoms with Crippen LogP contribution in [-0.2, 0) is 6.42 Å². The van der Waals surface area contributed by atoms with Gasteiger partial charge >= 0.3 is 0 Å². The van der Waals surface area contributed by atoms with Gasteiger partial charge < -0.3 is 5.32 Å². The average molecular weight is 273 g/mol. The molecule has 0 unspecified atom stereocenters. The number of hydrogen-bond acceptors (Lipinski definition) is 3. The highest BCUT2D eigenvalue weighted by atomic mass is 14.9. The summed E-state index contributed by atoms with van der Waals surface area (Å²) < 4.78 is 0. The van der Waals surface area contributed by atoms with Crippen LogP contribution < -0.4 is 5.32 Å². The molecule has 0 saturated heterocycles. The van der Waals surface area contributed by atoms with Crippen molar-refractivity contribution in [2.75, 3.05) is 5.32 Å². The van der Waals surface area contributed by atoms with Gasteiger partial charge in [0.25, 0.3) is 0 Å². The van der Waals surface area contributed by atoms with Crippen LogP contribution in [0.2, 0.25) is 0 Å². The van der Waals surface area contributed by atoms with Crippen LogP contribution in [0, 0.1) is 11.3 Å². The number of nitrogens with zero attached hydrogens (tertiary/aromatic N) is 2. The average Bonchev–Trinajstić information content (AvgIpc) is 2.55. The Labute approximate surface area is 123 Å². The number of anilines is 2. The second-order valence-electron chi connectivity index (χ2n) is 4.81. The van der Waals surface area contributed by atoms with Crippen molar-refractivity contribution in [3.05, 3.63) is 65.9 Å². The van der Waals surface area contributed by atoms with Crippen LogP contribution in [0.4, 0.5) is 11.4 Å². The van der Waals surface area contributed by atoms with Crippen molar-refractivity contribution in [1.29, 1.82) is 5.26 Å². The van der Waals surface area contributed by atoms with Gasteiger partial charge in [0.15, 0.2) is 0 Å². The summed E-state index contributed by atoms with van der Waals surface area (Å²) in [6.45, 7) is 2.12. The third-order valence-electron chi connectivity index (χ3n) is 3.55. The minimum atomic E-state index is 0.555. The Morgan fingerprint density at radius 3 is 2.67 bits per heavy atom. The first kappa shape index (κ1) is 13.1. The van der Waals surface area contributed by atoms with E-state index in [1.807, 2.05) is 42.5 Å². The minimum absolute atomic E-state index is 0.555. The van der Waals surface area contributed by atoms with E-state index in [-0.39, 0.29) is 0 Å². The molecular formula is C18H15N3. The molecule has 21 heavy (non-hydrogen) atoms. The van der Waals surface area contributed by atoms with Crippen molar-refractivity contribution in [3.63, 3.8) is 0 Å². The number of fused-ring (bicyclic) bond motifs is 1. The standard InChI is InChI=1S/C18H15N3/c1-2-13-7-3-5-9-16(13)21-18-14(11-19)12-20-17-10-6-4-8-15(17)18/h3-10,12H,2H2,1H3,(H,20,21). The highest BCUT2D eigenvalue weighted by molar-refractivity contribution is 5.95. The highest BCUT2D eigenvalue weighted by Crippen LogP contribution is 2.30. The molecule has 1 aromatic heterocycles. The summed E-state index contributed by atoms with van der Waals surface area (Å²) in [6, 6.07) is 18.2. The third kappa shape index (κ3) is 2.44. The van der Waals surface area contributed by atoms with Crippen molar-refractivity contribution in [3.8, 4) is 6.07 Å². The second-order valence-corrected chi connectivity index (χ2v) is 4.81. The summed E-state index contributed by atoms with van der Waals surface area (Å²) in [7, 11) is 0. The maximum absolute atomic E-state index is 9.35. The lowest BCUT2D eigenvalue weighted by Crippen LogP contribution is -1.99. The Morgan fingerprint density at radius 2 is 1.86 bits per heavy atom. The van der Waals surface area contributed by atoms with E-state index < -0.39 is 0 Å². The molecule has 3 rings (SSSR count). The highest BCUT2D eigenvalue weighted by Gasteiger charge is 2.10. The van der Waals surface area contributed by atoms with E-state index in [2.05, 4.69) is 29.4 Å². The van der Waals surface area contributed by atoms with Crippen LogP contribution in [0.3, 0.4) is 0 Å². The molecule has 3 aromatic rings. The van der Waals surface area contributed by atoms with Gasteiger partial charge in [-0.1, -0.05) is 43.3 Å². The van der Waals surface area contributed by atoms with Crippen molar-refractivity contribution < 1.29 is 0 Å². The summed E-state index contributed by atoms with van der Waals surface area (Å²) >= 11 is 0. The summed E-state index contributed by atoms with van der Waals surface area (Å²) in [4.78, 5) is 4.33. The summed E-state index contributed by atoms with van der Waals surface area (Å²) in [5.74, 6) is 0. The smallest absolute Gasteiger partial charge is 0.103 e. The lowest BCUT2D eigenvalue weighted by Gasteiger charge is -2.14. The van der Waals surface area contributed by atoms with Gasteiger partial charge in [0, 0.05) is 17.3 Å². The predicted octanol–water partition coefficient (Wildman–Crippen LogP) is 4.41. The predicted molar refractivity (Wildman–Crippen MR) is 85.6 cm³/mol. The van der Waals surface area contributed by atoms with Gasteiger partial charge in [0.05, 0.1) is 16.8 Å². The van der Waals surface area contributed by atoms with Crippen molar-refractivity contribution in [2.24, 2.45) is 0 Å². The molecule has 0 saturated carbocycles. The van der Waals surface area contributed by atoms with Gasteiger partial charge in [-0.3, -0.25) is 4.98 Å². The molecule has 0 spiro atoms. The minimum Gasteiger partial charge on any atom is -0.354 e. The van der Waals surface area contributed by atoms with Crippen LogP contribution in [0.1, 0.15) is 18.1 Å². The van der Waals surface area contributed by atoms with Crippen LogP contribution in [0.25, 0.3) is 10.9 Å². The van der Waals surface area contributed by atoms with E-state index in [1.54, 1.807) is 6.20 Å². The molecule has 1 N–H and O–H groups in total. The van der Waals surface area contributed by atoms with Crippen molar-refractivity contribution >= 4 is 22.3 Å². The fraction of sp³-hybridized carbons (Fsp3) is 0.111. The molecule has 0 aliphatic carbocycles. The van der Waals surface area contributed by atoms with E-state index in [0.29, 0.717) is 5.56 Å². The van der Waals surface area contributed by atoms with E-state index in [1.165, 1.54) is 5.56 Å². The molecule has 3 heteroatoms. The molecule has 0 amide bonds. The van der Waals surface area contributed by atoms with Gasteiger partial charge in [-0.05, 0) is 24.1 Å². The topological polar surface area (TPSA) is 48.7 Å². The van der Waals surface area contributed by atoms with E-state index in [0.717, 1.165) is 28.7 Å². The summed E-state index contributed by atoms with van der Waals surface area (Å²) in [6.07, 6.45) is 2.56. The molecule has 0 atom stereocenters. The Morgan fingerprint density at radius 1 is 1.10 bits per heavy atom. The van der Waals surface area contributed by atoms with Crippen molar-refractivity contribution in [1.82, 2.24) is 4.98 Å². The van der Waals surface area contributed by atoms with Crippen LogP contribution in [0.5, 0.6) is 0 Å². The SMILES string of the molecule is CCc1ccccc1Nc1c(C#N)cnc2ccccc12. The molecule has 0 aliphatic heterocycles. The van der Waals surface area contributed by atoms with E-state index >= 15 is 0 Å². The number of nitriles is 1. The van der Waals surface area contributed by atoms with Crippen LogP contribution in [-0.4, -0.2) is 4.98 Å². The molecule has 3 nitrogen and oxygen atoms in total. The van der Waals surface area contributed by atoms with E-state index in [4.69, 9.17) is 0 Å². The zero-order valence-electron chi connectivity index (χ0n) is 11.8. The second kappa shape index (κ2) is 5.64. The lowest BCUT2D eigenvalue weighted by molar-refractivity contribution is 1.14. The number of aryl methyl sites for hydroxylation is 1. The molecule has 0 fully saturated rings. The zero-order chi connectivity index (χ0) is 14.7. The quantitative estimate of drug-likeness (QED) is 0.768. The van der Waals surface area contributed by atoms with Crippen molar-refractivity contribution in [2.45, 2.75) is 13.3 Å². The van der Waals surface area contributed by atoms with Crippen LogP contribution in [0.15, 0.2) is 54.7 Å². The Hall–Kier alpha value is -2.86. The van der Waals surface area contributed by atoms with Gasteiger partial charge in [-0.25, -0.2) is 0 Å². The monoisotopic (exact) mass is 273 g/mol. The summed E-state index contributed by atoms with van der Waals surface area (Å²) in [5.41, 5.74) is 4.52. The number of para-hydroxylation sites is 2. The number of aromatic nitrogens is 1. The molecule has 0 aliphatic rings. The first-order chi connectivity index (χ1) is 10.3. The number of pyridine rings is 1. The number of rotatable bonds is 3. The number of benzene rings is 2. The Kier molecular flexibility index (Phi) is 3.53. The number of hydrogen-bond donors (Lipinski definition) is 1. The fourth-order valence-corrected chi connectivity index (χ4v) is 2.45. The normalized spacial score (nSPS) is 10.3. The first-order valence-electron chi connectivity index (χ1n) is 6.96. The van der Waals surface area contributed by atoms with Gasteiger partial charge in [0.2, 0.25) is 0 Å². The Balaban J connectivity index is 2.17. The van der Waals surface area contributed by atoms with E-state index in [9.17, 15) is 5.26 Å². The lowest BCUT2D eigenvalue weighted by atomic mass is 10.1. The molecule has 0 bridgehead atoms. The molecule has 0 radical (unpaired) electrons. The maximum Gasteiger partial charge on any atom is 0.103 e.